The van der Waals surface area contributed by atoms with Crippen molar-refractivity contribution in [1.82, 2.24) is 35.2 Å². The van der Waals surface area contributed by atoms with Crippen LogP contribution in [0.25, 0.3) is 27.5 Å². The van der Waals surface area contributed by atoms with Crippen molar-refractivity contribution in [3.05, 3.63) is 65.3 Å². The molecule has 144 valence electrons. The minimum Gasteiger partial charge on any atom is -0.366 e. The number of aryl methyl sites for hydroxylation is 1. The van der Waals surface area contributed by atoms with Gasteiger partial charge in [0.1, 0.15) is 5.82 Å². The van der Waals surface area contributed by atoms with Gasteiger partial charge in [0.15, 0.2) is 11.5 Å². The van der Waals surface area contributed by atoms with Crippen molar-refractivity contribution >= 4 is 22.8 Å². The highest BCUT2D eigenvalue weighted by Crippen LogP contribution is 2.34. The van der Waals surface area contributed by atoms with Gasteiger partial charge in [0, 0.05) is 29.9 Å². The molecule has 4 heterocycles. The van der Waals surface area contributed by atoms with Crippen LogP contribution < -0.4 is 5.32 Å². The van der Waals surface area contributed by atoms with E-state index < -0.39 is 0 Å². The summed E-state index contributed by atoms with van der Waals surface area (Å²) in [6.45, 7) is 2.80. The number of hydrogen-bond acceptors (Lipinski definition) is 7. The summed E-state index contributed by atoms with van der Waals surface area (Å²) in [5, 5.41) is 24.1. The maximum absolute atomic E-state index is 4.58. The average Bonchev–Trinajstić information content (AvgIpc) is 3.52. The molecule has 8 nitrogen and oxygen atoms in total. The molecule has 0 amide bonds. The Labute approximate surface area is 170 Å². The number of aromatic amines is 1. The van der Waals surface area contributed by atoms with Crippen LogP contribution in [0.1, 0.15) is 18.2 Å². The van der Waals surface area contributed by atoms with E-state index in [0.717, 1.165) is 39.6 Å². The fourth-order valence-electron chi connectivity index (χ4n) is 3.24. The number of anilines is 1. The van der Waals surface area contributed by atoms with Crippen LogP contribution in [0.4, 0.5) is 5.82 Å². The Hall–Kier alpha value is -3.59. The smallest absolute Gasteiger partial charge is 0.190 e. The van der Waals surface area contributed by atoms with Gasteiger partial charge in [0.25, 0.3) is 0 Å². The van der Waals surface area contributed by atoms with Crippen LogP contribution in [0, 0.1) is 0 Å². The highest BCUT2D eigenvalue weighted by atomic mass is 32.1. The van der Waals surface area contributed by atoms with Crippen molar-refractivity contribution in [2.24, 2.45) is 0 Å². The SMILES string of the molecule is CCc1cc(NCc2ccc(-c3ccsc3-c3nnn[nH]3)cc2)n2nccc2n1. The summed E-state index contributed by atoms with van der Waals surface area (Å²) in [5.74, 6) is 1.63. The first-order valence-corrected chi connectivity index (χ1v) is 10.2. The molecule has 0 fully saturated rings. The highest BCUT2D eigenvalue weighted by Gasteiger charge is 2.12. The lowest BCUT2D eigenvalue weighted by Gasteiger charge is -2.10. The van der Waals surface area contributed by atoms with Gasteiger partial charge in [-0.1, -0.05) is 31.2 Å². The summed E-state index contributed by atoms with van der Waals surface area (Å²) in [6.07, 6.45) is 2.65. The summed E-state index contributed by atoms with van der Waals surface area (Å²) in [7, 11) is 0. The molecule has 0 spiro atoms. The summed E-state index contributed by atoms with van der Waals surface area (Å²) in [6, 6.07) is 14.6. The summed E-state index contributed by atoms with van der Waals surface area (Å²) >= 11 is 1.62. The van der Waals surface area contributed by atoms with Gasteiger partial charge >= 0.3 is 0 Å². The zero-order valence-electron chi connectivity index (χ0n) is 15.7. The number of fused-ring (bicyclic) bond motifs is 1. The van der Waals surface area contributed by atoms with E-state index in [-0.39, 0.29) is 0 Å². The Morgan fingerprint density at radius 3 is 2.83 bits per heavy atom. The van der Waals surface area contributed by atoms with E-state index in [4.69, 9.17) is 0 Å². The van der Waals surface area contributed by atoms with Gasteiger partial charge in [-0.2, -0.15) is 9.61 Å². The molecule has 4 aromatic heterocycles. The molecule has 1 aromatic carbocycles. The summed E-state index contributed by atoms with van der Waals surface area (Å²) in [4.78, 5) is 5.62. The second-order valence-electron chi connectivity index (χ2n) is 6.55. The molecular weight excluding hydrogens is 384 g/mol. The normalized spacial score (nSPS) is 11.2. The van der Waals surface area contributed by atoms with Crippen molar-refractivity contribution in [2.75, 3.05) is 5.32 Å². The second-order valence-corrected chi connectivity index (χ2v) is 7.47. The summed E-state index contributed by atoms with van der Waals surface area (Å²) in [5.41, 5.74) is 5.33. The largest absolute Gasteiger partial charge is 0.366 e. The predicted molar refractivity (Wildman–Crippen MR) is 113 cm³/mol. The number of H-pyrrole nitrogens is 1. The fraction of sp³-hybridized carbons (Fsp3) is 0.150. The van der Waals surface area contributed by atoms with E-state index >= 15 is 0 Å². The molecule has 2 N–H and O–H groups in total. The number of thiophene rings is 1. The van der Waals surface area contributed by atoms with Crippen LogP contribution in [0.15, 0.2) is 54.0 Å². The number of aromatic nitrogens is 7. The molecule has 0 aliphatic heterocycles. The maximum Gasteiger partial charge on any atom is 0.190 e. The Bertz CT molecular complexity index is 1240. The molecule has 0 aliphatic rings. The van der Waals surface area contributed by atoms with Crippen molar-refractivity contribution in [2.45, 2.75) is 19.9 Å². The predicted octanol–water partition coefficient (Wildman–Crippen LogP) is 3.81. The van der Waals surface area contributed by atoms with Crippen LogP contribution in [-0.2, 0) is 13.0 Å². The minimum atomic E-state index is 0.688. The minimum absolute atomic E-state index is 0.688. The van der Waals surface area contributed by atoms with Crippen LogP contribution >= 0.6 is 11.3 Å². The van der Waals surface area contributed by atoms with Crippen molar-refractivity contribution in [3.8, 4) is 21.8 Å². The Kier molecular flexibility index (Phi) is 4.49. The first-order valence-electron chi connectivity index (χ1n) is 9.30. The fourth-order valence-corrected chi connectivity index (χ4v) is 4.09. The van der Waals surface area contributed by atoms with Gasteiger partial charge in [-0.25, -0.2) is 10.1 Å². The number of rotatable bonds is 6. The number of nitrogens with zero attached hydrogens (tertiary/aromatic N) is 6. The first-order chi connectivity index (χ1) is 14.3. The third-order valence-corrected chi connectivity index (χ3v) is 5.66. The molecular formula is C20H18N8S. The van der Waals surface area contributed by atoms with E-state index in [1.54, 1.807) is 17.5 Å². The lowest BCUT2D eigenvalue weighted by atomic mass is 10.0. The van der Waals surface area contributed by atoms with Gasteiger partial charge in [0.05, 0.1) is 11.1 Å². The molecule has 29 heavy (non-hydrogen) atoms. The molecule has 0 radical (unpaired) electrons. The molecule has 0 bridgehead atoms. The van der Waals surface area contributed by atoms with Crippen LogP contribution in [0.2, 0.25) is 0 Å². The molecule has 0 aliphatic carbocycles. The van der Waals surface area contributed by atoms with Gasteiger partial charge in [-0.05, 0) is 39.4 Å². The Morgan fingerprint density at radius 2 is 2.03 bits per heavy atom. The van der Waals surface area contributed by atoms with Crippen LogP contribution in [0.5, 0.6) is 0 Å². The van der Waals surface area contributed by atoms with Crippen molar-refractivity contribution in [1.29, 1.82) is 0 Å². The number of tetrazole rings is 1. The molecule has 0 atom stereocenters. The van der Waals surface area contributed by atoms with E-state index in [1.165, 1.54) is 5.56 Å². The molecule has 5 rings (SSSR count). The monoisotopic (exact) mass is 402 g/mol. The molecule has 9 heteroatoms. The molecule has 5 aromatic rings. The van der Waals surface area contributed by atoms with Gasteiger partial charge in [0.2, 0.25) is 0 Å². The lowest BCUT2D eigenvalue weighted by Crippen LogP contribution is -2.07. The van der Waals surface area contributed by atoms with E-state index in [0.29, 0.717) is 12.4 Å². The van der Waals surface area contributed by atoms with Crippen LogP contribution in [-0.4, -0.2) is 35.2 Å². The Balaban J connectivity index is 1.36. The average molecular weight is 402 g/mol. The lowest BCUT2D eigenvalue weighted by molar-refractivity contribution is 0.881. The number of nitrogens with one attached hydrogen (secondary N) is 2. The second kappa shape index (κ2) is 7.44. The zero-order chi connectivity index (χ0) is 19.6. The van der Waals surface area contributed by atoms with Crippen molar-refractivity contribution < 1.29 is 0 Å². The van der Waals surface area contributed by atoms with Crippen molar-refractivity contribution in [3.63, 3.8) is 0 Å². The third kappa shape index (κ3) is 3.36. The molecule has 0 unspecified atom stereocenters. The van der Waals surface area contributed by atoms with Crippen LogP contribution in [0.3, 0.4) is 0 Å². The third-order valence-electron chi connectivity index (χ3n) is 4.74. The topological polar surface area (TPSA) is 96.7 Å². The summed E-state index contributed by atoms with van der Waals surface area (Å²) < 4.78 is 1.83. The quantitative estimate of drug-likeness (QED) is 0.448. The van der Waals surface area contributed by atoms with Gasteiger partial charge < -0.3 is 5.32 Å². The zero-order valence-corrected chi connectivity index (χ0v) is 16.5. The maximum atomic E-state index is 4.58. The standard InChI is InChI=1S/C20H18N8S/c1-2-15-11-18(28-17(23-15)7-9-22-28)21-12-13-3-5-14(6-4-13)16-8-10-29-19(16)20-24-26-27-25-20/h3-11,21H,2,12H2,1H3,(H,24,25,26,27). The molecule has 0 saturated heterocycles. The van der Waals surface area contributed by atoms with E-state index in [2.05, 4.69) is 79.3 Å². The first kappa shape index (κ1) is 17.5. The van der Waals surface area contributed by atoms with E-state index in [9.17, 15) is 0 Å². The van der Waals surface area contributed by atoms with Gasteiger partial charge in [-0.3, -0.25) is 0 Å². The van der Waals surface area contributed by atoms with E-state index in [1.807, 2.05) is 16.0 Å². The Morgan fingerprint density at radius 1 is 1.14 bits per heavy atom. The highest BCUT2D eigenvalue weighted by molar-refractivity contribution is 7.14. The van der Waals surface area contributed by atoms with Gasteiger partial charge in [-0.15, -0.1) is 16.4 Å². The molecule has 0 saturated carbocycles. The number of hydrogen-bond donors (Lipinski definition) is 2. The number of benzene rings is 1.